The van der Waals surface area contributed by atoms with Crippen LogP contribution in [0.25, 0.3) is 0 Å². The Kier molecular flexibility index (Phi) is 2.79. The molecule has 0 amide bonds. The Bertz CT molecular complexity index is 330. The summed E-state index contributed by atoms with van der Waals surface area (Å²) in [4.78, 5) is 0. The third kappa shape index (κ3) is 2.09. The zero-order valence-corrected chi connectivity index (χ0v) is 8.08. The van der Waals surface area contributed by atoms with Crippen LogP contribution in [0.4, 0.5) is 22.0 Å². The fourth-order valence-corrected chi connectivity index (χ4v) is 1.16. The second kappa shape index (κ2) is 3.39. The van der Waals surface area contributed by atoms with E-state index in [-0.39, 0.29) is 3.57 Å². The molecule has 0 atom stereocenters. The van der Waals surface area contributed by atoms with E-state index in [0.29, 0.717) is 6.07 Å². The lowest BCUT2D eigenvalue weighted by molar-refractivity contribution is -0.140. The fourth-order valence-electron chi connectivity index (χ4n) is 0.745. The molecule has 0 aliphatic heterocycles. The molecular weight excluding hydrogens is 306 g/mol. The van der Waals surface area contributed by atoms with E-state index in [1.54, 1.807) is 0 Å². The number of halogens is 6. The molecule has 1 aromatic rings. The van der Waals surface area contributed by atoms with Crippen LogP contribution < -0.4 is 0 Å². The van der Waals surface area contributed by atoms with E-state index < -0.39 is 23.4 Å². The summed E-state index contributed by atoms with van der Waals surface area (Å²) in [7, 11) is 0. The first-order valence-electron chi connectivity index (χ1n) is 3.04. The van der Waals surface area contributed by atoms with Gasteiger partial charge in [-0.3, -0.25) is 0 Å². The Morgan fingerprint density at radius 3 is 2.00 bits per heavy atom. The lowest BCUT2D eigenvalue weighted by Gasteiger charge is -2.08. The van der Waals surface area contributed by atoms with E-state index in [9.17, 15) is 22.0 Å². The van der Waals surface area contributed by atoms with Crippen LogP contribution in [0.5, 0.6) is 0 Å². The van der Waals surface area contributed by atoms with Crippen molar-refractivity contribution in [3.63, 3.8) is 0 Å². The van der Waals surface area contributed by atoms with Crippen molar-refractivity contribution < 1.29 is 22.0 Å². The number of rotatable bonds is 0. The van der Waals surface area contributed by atoms with Gasteiger partial charge in [0.05, 0.1) is 9.13 Å². The molecule has 0 unspecified atom stereocenters. The van der Waals surface area contributed by atoms with Crippen LogP contribution in [0.2, 0.25) is 0 Å². The van der Waals surface area contributed by atoms with E-state index in [1.165, 1.54) is 22.6 Å². The van der Waals surface area contributed by atoms with Crippen LogP contribution >= 0.6 is 22.6 Å². The van der Waals surface area contributed by atoms with Crippen LogP contribution in [0.3, 0.4) is 0 Å². The van der Waals surface area contributed by atoms with Crippen molar-refractivity contribution in [3.8, 4) is 0 Å². The molecule has 0 radical (unpaired) electrons. The third-order valence-electron chi connectivity index (χ3n) is 1.34. The molecule has 6 heteroatoms. The highest BCUT2D eigenvalue weighted by Gasteiger charge is 2.35. The predicted octanol–water partition coefficient (Wildman–Crippen LogP) is 3.59. The molecule has 0 heterocycles. The van der Waals surface area contributed by atoms with Crippen molar-refractivity contribution in [2.24, 2.45) is 0 Å². The lowest BCUT2D eigenvalue weighted by atomic mass is 10.2. The van der Waals surface area contributed by atoms with Gasteiger partial charge in [-0.05, 0) is 34.7 Å². The van der Waals surface area contributed by atoms with Crippen molar-refractivity contribution in [2.75, 3.05) is 0 Å². The number of hydrogen-bond donors (Lipinski definition) is 0. The molecular formula is C7H2F5I. The maximum atomic E-state index is 12.7. The summed E-state index contributed by atoms with van der Waals surface area (Å²) in [5.41, 5.74) is -1.58. The molecule has 0 N–H and O–H groups in total. The standard InChI is InChI=1S/C7H2F5I/c8-5-3(7(10,11)12)1-2-4(13)6(5)9/h1-2H. The maximum absolute atomic E-state index is 12.7. The minimum absolute atomic E-state index is 0.178. The van der Waals surface area contributed by atoms with Gasteiger partial charge in [-0.15, -0.1) is 0 Å². The second-order valence-corrected chi connectivity index (χ2v) is 3.38. The van der Waals surface area contributed by atoms with Crippen LogP contribution in [-0.2, 0) is 6.18 Å². The molecule has 0 aliphatic rings. The molecule has 1 aromatic carbocycles. The van der Waals surface area contributed by atoms with E-state index in [2.05, 4.69) is 0 Å². The Labute approximate surface area is 83.9 Å². The molecule has 0 saturated carbocycles. The summed E-state index contributed by atoms with van der Waals surface area (Å²) in [6.45, 7) is 0. The maximum Gasteiger partial charge on any atom is 0.419 e. The molecule has 0 nitrogen and oxygen atoms in total. The van der Waals surface area contributed by atoms with Gasteiger partial charge in [-0.1, -0.05) is 0 Å². The summed E-state index contributed by atoms with van der Waals surface area (Å²) >= 11 is 1.41. The molecule has 13 heavy (non-hydrogen) atoms. The van der Waals surface area contributed by atoms with Crippen LogP contribution in [0.15, 0.2) is 12.1 Å². The highest BCUT2D eigenvalue weighted by molar-refractivity contribution is 14.1. The van der Waals surface area contributed by atoms with Crippen molar-refractivity contribution in [1.29, 1.82) is 0 Å². The molecule has 0 fully saturated rings. The van der Waals surface area contributed by atoms with E-state index in [1.807, 2.05) is 0 Å². The number of benzene rings is 1. The summed E-state index contributed by atoms with van der Waals surface area (Å²) in [6, 6.07) is 1.39. The Morgan fingerprint density at radius 1 is 1.00 bits per heavy atom. The SMILES string of the molecule is Fc1c(I)ccc(C(F)(F)F)c1F. The van der Waals surface area contributed by atoms with Crippen LogP contribution in [0.1, 0.15) is 5.56 Å². The molecule has 0 bridgehead atoms. The van der Waals surface area contributed by atoms with Gasteiger partial charge in [-0.25, -0.2) is 8.78 Å². The van der Waals surface area contributed by atoms with Gasteiger partial charge in [0.1, 0.15) is 0 Å². The number of hydrogen-bond acceptors (Lipinski definition) is 0. The first-order chi connectivity index (χ1) is 5.84. The normalized spacial score (nSPS) is 11.8. The van der Waals surface area contributed by atoms with Crippen LogP contribution in [0, 0.1) is 15.2 Å². The molecule has 0 saturated heterocycles. The second-order valence-electron chi connectivity index (χ2n) is 2.22. The molecule has 0 aliphatic carbocycles. The van der Waals surface area contributed by atoms with Gasteiger partial charge in [0.25, 0.3) is 0 Å². The zero-order valence-electron chi connectivity index (χ0n) is 5.92. The smallest absolute Gasteiger partial charge is 0.203 e. The van der Waals surface area contributed by atoms with Crippen molar-refractivity contribution >= 4 is 22.6 Å². The average molecular weight is 308 g/mol. The lowest BCUT2D eigenvalue weighted by Crippen LogP contribution is -2.10. The van der Waals surface area contributed by atoms with Gasteiger partial charge in [-0.2, -0.15) is 13.2 Å². The first kappa shape index (κ1) is 10.7. The average Bonchev–Trinajstić information content (AvgIpc) is 1.98. The van der Waals surface area contributed by atoms with Gasteiger partial charge >= 0.3 is 6.18 Å². The molecule has 0 aromatic heterocycles. The van der Waals surface area contributed by atoms with Gasteiger partial charge in [0, 0.05) is 0 Å². The van der Waals surface area contributed by atoms with Crippen molar-refractivity contribution in [2.45, 2.75) is 6.18 Å². The van der Waals surface area contributed by atoms with E-state index in [0.717, 1.165) is 6.07 Å². The zero-order chi connectivity index (χ0) is 10.2. The summed E-state index contributed by atoms with van der Waals surface area (Å²) in [6.07, 6.45) is -4.85. The predicted molar refractivity (Wildman–Crippen MR) is 44.1 cm³/mol. The Morgan fingerprint density at radius 2 is 1.54 bits per heavy atom. The quantitative estimate of drug-likeness (QED) is 0.390. The Balaban J connectivity index is 3.35. The minimum atomic E-state index is -4.85. The van der Waals surface area contributed by atoms with Crippen molar-refractivity contribution in [1.82, 2.24) is 0 Å². The summed E-state index contributed by atoms with van der Waals surface area (Å²) in [5, 5.41) is 0. The summed E-state index contributed by atoms with van der Waals surface area (Å²) in [5.74, 6) is -3.31. The Hall–Kier alpha value is -0.400. The molecule has 1 rings (SSSR count). The first-order valence-corrected chi connectivity index (χ1v) is 4.12. The van der Waals surface area contributed by atoms with Crippen molar-refractivity contribution in [3.05, 3.63) is 32.9 Å². The molecule has 72 valence electrons. The van der Waals surface area contributed by atoms with Crippen LogP contribution in [-0.4, -0.2) is 0 Å². The number of alkyl halides is 3. The highest BCUT2D eigenvalue weighted by Crippen LogP contribution is 2.33. The highest BCUT2D eigenvalue weighted by atomic mass is 127. The topological polar surface area (TPSA) is 0 Å². The van der Waals surface area contributed by atoms with Gasteiger partial charge in [0.2, 0.25) is 0 Å². The third-order valence-corrected chi connectivity index (χ3v) is 2.17. The monoisotopic (exact) mass is 308 g/mol. The summed E-state index contributed by atoms with van der Waals surface area (Å²) < 4.78 is 61.0. The van der Waals surface area contributed by atoms with E-state index >= 15 is 0 Å². The fraction of sp³-hybridized carbons (Fsp3) is 0.143. The minimum Gasteiger partial charge on any atom is -0.203 e. The molecule has 0 spiro atoms. The largest absolute Gasteiger partial charge is 0.419 e. The van der Waals surface area contributed by atoms with Gasteiger partial charge in [0.15, 0.2) is 11.6 Å². The van der Waals surface area contributed by atoms with E-state index in [4.69, 9.17) is 0 Å². The van der Waals surface area contributed by atoms with Gasteiger partial charge < -0.3 is 0 Å².